The molecule has 0 aromatic heterocycles. The third kappa shape index (κ3) is 1.80. The Morgan fingerprint density at radius 2 is 2.20 bits per heavy atom. The molecule has 2 aliphatic heterocycles. The molecule has 2 saturated heterocycles. The monoisotopic (exact) mass is 215 g/mol. The Kier molecular flexibility index (Phi) is 2.57. The van der Waals surface area contributed by atoms with E-state index in [-0.39, 0.29) is 6.61 Å². The summed E-state index contributed by atoms with van der Waals surface area (Å²) in [6.07, 6.45) is -1.55. The van der Waals surface area contributed by atoms with Gasteiger partial charge in [-0.2, -0.15) is 0 Å². The Balaban J connectivity index is 2.17. The summed E-state index contributed by atoms with van der Waals surface area (Å²) in [5.41, 5.74) is 8.41. The fourth-order valence-electron chi connectivity index (χ4n) is 1.91. The second kappa shape index (κ2) is 3.62. The molecule has 0 amide bonds. The molecule has 1 N–H and O–H groups in total. The Hall–Kier alpha value is -0.850. The van der Waals surface area contributed by atoms with Gasteiger partial charge in [0.25, 0.3) is 0 Å². The van der Waals surface area contributed by atoms with Crippen molar-refractivity contribution in [1.82, 2.24) is 0 Å². The fraction of sp³-hybridized carbons (Fsp3) is 1.00. The number of fused-ring (bicyclic) bond motifs is 1. The van der Waals surface area contributed by atoms with Crippen molar-refractivity contribution in [3.05, 3.63) is 10.4 Å². The fourth-order valence-corrected chi connectivity index (χ4v) is 1.91. The highest BCUT2D eigenvalue weighted by Gasteiger charge is 2.54. The van der Waals surface area contributed by atoms with E-state index in [2.05, 4.69) is 10.0 Å². The number of rotatable bonds is 2. The average Bonchev–Trinajstić information content (AvgIpc) is 2.60. The van der Waals surface area contributed by atoms with Crippen molar-refractivity contribution < 1.29 is 19.3 Å². The third-order valence-electron chi connectivity index (χ3n) is 2.48. The average molecular weight is 215 g/mol. The van der Waals surface area contributed by atoms with Gasteiger partial charge in [0.05, 0.1) is 18.8 Å². The van der Waals surface area contributed by atoms with Crippen LogP contribution in [0.15, 0.2) is 5.11 Å². The van der Waals surface area contributed by atoms with Gasteiger partial charge in [0, 0.05) is 4.91 Å². The van der Waals surface area contributed by atoms with E-state index in [1.165, 1.54) is 0 Å². The lowest BCUT2D eigenvalue weighted by Crippen LogP contribution is -2.34. The van der Waals surface area contributed by atoms with Gasteiger partial charge in [0.1, 0.15) is 6.10 Å². The minimum Gasteiger partial charge on any atom is -0.394 e. The number of aliphatic hydroxyl groups is 1. The van der Waals surface area contributed by atoms with Crippen LogP contribution in [0.5, 0.6) is 0 Å². The van der Waals surface area contributed by atoms with Gasteiger partial charge >= 0.3 is 0 Å². The van der Waals surface area contributed by atoms with E-state index in [4.69, 9.17) is 24.8 Å². The first-order chi connectivity index (χ1) is 7.07. The molecule has 0 bridgehead atoms. The maximum atomic E-state index is 9.03. The van der Waals surface area contributed by atoms with Gasteiger partial charge in [-0.1, -0.05) is 5.11 Å². The Bertz CT molecular complexity index is 302. The molecule has 2 fully saturated rings. The van der Waals surface area contributed by atoms with Crippen LogP contribution in [0.2, 0.25) is 0 Å². The van der Waals surface area contributed by atoms with Gasteiger partial charge in [-0.05, 0) is 19.4 Å². The largest absolute Gasteiger partial charge is 0.394 e. The summed E-state index contributed by atoms with van der Waals surface area (Å²) in [6.45, 7) is 3.30. The van der Waals surface area contributed by atoms with Crippen LogP contribution in [0.1, 0.15) is 13.8 Å². The van der Waals surface area contributed by atoms with E-state index in [0.29, 0.717) is 0 Å². The molecule has 4 atom stereocenters. The second-order valence-electron chi connectivity index (χ2n) is 4.02. The first-order valence-corrected chi connectivity index (χ1v) is 4.73. The summed E-state index contributed by atoms with van der Waals surface area (Å²) in [4.78, 5) is 2.72. The van der Waals surface area contributed by atoms with Gasteiger partial charge in [-0.3, -0.25) is 0 Å². The Morgan fingerprint density at radius 1 is 1.47 bits per heavy atom. The van der Waals surface area contributed by atoms with Crippen molar-refractivity contribution in [2.24, 2.45) is 5.11 Å². The standard InChI is InChI=1S/C8H13N3O4/c1-8(2)14-6-5(10-11-9)4(3-12)13-7(6)15-8/h4-7,12H,3H2,1-2H3/t4-,5+,6-,7-/m0/s1. The second-order valence-corrected chi connectivity index (χ2v) is 4.02. The molecule has 0 unspecified atom stereocenters. The zero-order chi connectivity index (χ0) is 11.1. The molecular formula is C8H13N3O4. The van der Waals surface area contributed by atoms with Crippen molar-refractivity contribution in [2.45, 2.75) is 44.2 Å². The first-order valence-electron chi connectivity index (χ1n) is 4.73. The topological polar surface area (TPSA) is 96.7 Å². The minimum atomic E-state index is -0.737. The molecule has 2 rings (SSSR count). The highest BCUT2D eigenvalue weighted by molar-refractivity contribution is 4.97. The molecule has 84 valence electrons. The molecule has 7 heteroatoms. The summed E-state index contributed by atoms with van der Waals surface area (Å²) in [7, 11) is 0. The van der Waals surface area contributed by atoms with Gasteiger partial charge in [0.2, 0.25) is 0 Å². The number of aliphatic hydroxyl groups excluding tert-OH is 1. The van der Waals surface area contributed by atoms with Gasteiger partial charge in [-0.15, -0.1) is 0 Å². The molecule has 0 aromatic carbocycles. The van der Waals surface area contributed by atoms with Crippen LogP contribution < -0.4 is 0 Å². The molecule has 0 radical (unpaired) electrons. The normalized spacial score (nSPS) is 42.3. The SMILES string of the molecule is CC1(C)O[C@@H]2O[C@@H](CO)[C@@H](N=[N+]=[N-])[C@@H]2O1. The van der Waals surface area contributed by atoms with Crippen molar-refractivity contribution in [1.29, 1.82) is 0 Å². The summed E-state index contributed by atoms with van der Waals surface area (Å²) < 4.78 is 16.4. The van der Waals surface area contributed by atoms with E-state index in [1.54, 1.807) is 13.8 Å². The van der Waals surface area contributed by atoms with Crippen molar-refractivity contribution in [3.63, 3.8) is 0 Å². The Morgan fingerprint density at radius 3 is 2.80 bits per heavy atom. The van der Waals surface area contributed by atoms with Crippen molar-refractivity contribution in [3.8, 4) is 0 Å². The highest BCUT2D eigenvalue weighted by atomic mass is 16.8. The van der Waals surface area contributed by atoms with Crippen LogP contribution in [0.25, 0.3) is 10.4 Å². The first kappa shape index (κ1) is 10.7. The smallest absolute Gasteiger partial charge is 0.188 e. The molecule has 0 aliphatic carbocycles. The van der Waals surface area contributed by atoms with Crippen LogP contribution in [0.3, 0.4) is 0 Å². The predicted molar refractivity (Wildman–Crippen MR) is 48.7 cm³/mol. The lowest BCUT2D eigenvalue weighted by atomic mass is 10.1. The molecule has 0 saturated carbocycles. The number of hydrogen-bond acceptors (Lipinski definition) is 5. The molecule has 0 spiro atoms. The van der Waals surface area contributed by atoms with E-state index in [1.807, 2.05) is 0 Å². The molecule has 2 aliphatic rings. The molecular weight excluding hydrogens is 202 g/mol. The van der Waals surface area contributed by atoms with Crippen LogP contribution in [-0.4, -0.2) is 42.0 Å². The van der Waals surface area contributed by atoms with E-state index >= 15 is 0 Å². The third-order valence-corrected chi connectivity index (χ3v) is 2.48. The zero-order valence-corrected chi connectivity index (χ0v) is 8.53. The molecule has 7 nitrogen and oxygen atoms in total. The number of azide groups is 1. The summed E-state index contributed by atoms with van der Waals surface area (Å²) in [5, 5.41) is 12.6. The summed E-state index contributed by atoms with van der Waals surface area (Å²) >= 11 is 0. The van der Waals surface area contributed by atoms with Crippen LogP contribution in [0, 0.1) is 0 Å². The lowest BCUT2D eigenvalue weighted by molar-refractivity contribution is -0.209. The molecule has 0 aromatic rings. The van der Waals surface area contributed by atoms with Crippen molar-refractivity contribution in [2.75, 3.05) is 6.61 Å². The molecule has 2 heterocycles. The van der Waals surface area contributed by atoms with Gasteiger partial charge in [-0.25, -0.2) is 0 Å². The Labute approximate surface area is 86.6 Å². The highest BCUT2D eigenvalue weighted by Crippen LogP contribution is 2.38. The van der Waals surface area contributed by atoms with Crippen molar-refractivity contribution >= 4 is 0 Å². The summed E-state index contributed by atoms with van der Waals surface area (Å²) in [5.74, 6) is -0.737. The zero-order valence-electron chi connectivity index (χ0n) is 8.53. The van der Waals surface area contributed by atoms with E-state index in [0.717, 1.165) is 0 Å². The maximum Gasteiger partial charge on any atom is 0.188 e. The molecule has 15 heavy (non-hydrogen) atoms. The summed E-state index contributed by atoms with van der Waals surface area (Å²) in [6, 6.07) is -0.535. The van der Waals surface area contributed by atoms with Gasteiger partial charge in [0.15, 0.2) is 12.1 Å². The van der Waals surface area contributed by atoms with Crippen LogP contribution in [-0.2, 0) is 14.2 Å². The minimum absolute atomic E-state index is 0.218. The number of nitrogens with zero attached hydrogens (tertiary/aromatic N) is 3. The predicted octanol–water partition coefficient (Wildman–Crippen LogP) is 0.534. The van der Waals surface area contributed by atoms with Crippen LogP contribution >= 0.6 is 0 Å². The van der Waals surface area contributed by atoms with Crippen LogP contribution in [0.4, 0.5) is 0 Å². The van der Waals surface area contributed by atoms with Gasteiger partial charge < -0.3 is 19.3 Å². The number of ether oxygens (including phenoxy) is 3. The number of hydrogen-bond donors (Lipinski definition) is 1. The van der Waals surface area contributed by atoms with E-state index in [9.17, 15) is 0 Å². The quantitative estimate of drug-likeness (QED) is 0.413. The maximum absolute atomic E-state index is 9.03. The lowest BCUT2D eigenvalue weighted by Gasteiger charge is -2.22. The van der Waals surface area contributed by atoms with E-state index < -0.39 is 30.3 Å².